The zero-order valence-electron chi connectivity index (χ0n) is 10.3. The maximum absolute atomic E-state index is 11.5. The number of rotatable bonds is 5. The normalized spacial score (nSPS) is 10.0. The molecule has 0 saturated heterocycles. The SMILES string of the molecule is O=C(O)Cc1nnc(NC(=O)OCc2ccccc2)s1. The molecule has 0 aliphatic rings. The number of amides is 1. The summed E-state index contributed by atoms with van der Waals surface area (Å²) in [7, 11) is 0. The van der Waals surface area contributed by atoms with Gasteiger partial charge >= 0.3 is 12.1 Å². The third-order valence-corrected chi connectivity index (χ3v) is 3.03. The van der Waals surface area contributed by atoms with Gasteiger partial charge in [0.25, 0.3) is 0 Å². The van der Waals surface area contributed by atoms with Crippen molar-refractivity contribution in [3.63, 3.8) is 0 Å². The number of nitrogens with zero attached hydrogens (tertiary/aromatic N) is 2. The van der Waals surface area contributed by atoms with E-state index >= 15 is 0 Å². The lowest BCUT2D eigenvalue weighted by molar-refractivity contribution is -0.136. The molecule has 1 aromatic heterocycles. The van der Waals surface area contributed by atoms with Crippen LogP contribution in [0.25, 0.3) is 0 Å². The second-order valence-corrected chi connectivity index (χ2v) is 4.82. The van der Waals surface area contributed by atoms with Crippen molar-refractivity contribution >= 4 is 28.5 Å². The molecular formula is C12H11N3O4S. The minimum Gasteiger partial charge on any atom is -0.481 e. The lowest BCUT2D eigenvalue weighted by Gasteiger charge is -2.04. The van der Waals surface area contributed by atoms with Gasteiger partial charge in [-0.15, -0.1) is 10.2 Å². The molecule has 2 rings (SSSR count). The first-order valence-electron chi connectivity index (χ1n) is 5.65. The van der Waals surface area contributed by atoms with Crippen LogP contribution in [-0.4, -0.2) is 27.4 Å². The van der Waals surface area contributed by atoms with E-state index in [9.17, 15) is 9.59 Å². The zero-order valence-corrected chi connectivity index (χ0v) is 11.1. The van der Waals surface area contributed by atoms with E-state index < -0.39 is 12.1 Å². The molecule has 2 aromatic rings. The first-order chi connectivity index (χ1) is 9.63. The first-order valence-corrected chi connectivity index (χ1v) is 6.47. The average Bonchev–Trinajstić information content (AvgIpc) is 2.84. The van der Waals surface area contributed by atoms with Gasteiger partial charge in [0.2, 0.25) is 5.13 Å². The predicted molar refractivity (Wildman–Crippen MR) is 71.5 cm³/mol. The quantitative estimate of drug-likeness (QED) is 0.873. The molecule has 1 amide bonds. The number of aliphatic carboxylic acids is 1. The minimum atomic E-state index is -1.00. The fourth-order valence-corrected chi connectivity index (χ4v) is 2.07. The Morgan fingerprint density at radius 3 is 2.70 bits per heavy atom. The van der Waals surface area contributed by atoms with Crippen LogP contribution in [0.3, 0.4) is 0 Å². The summed E-state index contributed by atoms with van der Waals surface area (Å²) in [6, 6.07) is 9.24. The lowest BCUT2D eigenvalue weighted by Crippen LogP contribution is -2.13. The van der Waals surface area contributed by atoms with E-state index in [1.807, 2.05) is 30.3 Å². The zero-order chi connectivity index (χ0) is 14.4. The van der Waals surface area contributed by atoms with Gasteiger partial charge in [-0.25, -0.2) is 4.79 Å². The van der Waals surface area contributed by atoms with Gasteiger partial charge < -0.3 is 9.84 Å². The Balaban J connectivity index is 1.82. The highest BCUT2D eigenvalue weighted by atomic mass is 32.1. The smallest absolute Gasteiger partial charge is 0.413 e. The summed E-state index contributed by atoms with van der Waals surface area (Å²) < 4.78 is 4.99. The second kappa shape index (κ2) is 6.62. The van der Waals surface area contributed by atoms with Crippen LogP contribution >= 0.6 is 11.3 Å². The Bertz CT molecular complexity index is 600. The van der Waals surface area contributed by atoms with Crippen molar-refractivity contribution in [2.45, 2.75) is 13.0 Å². The average molecular weight is 293 g/mol. The Labute approximate surface area is 118 Å². The molecule has 1 aromatic carbocycles. The highest BCUT2D eigenvalue weighted by molar-refractivity contribution is 7.15. The third-order valence-electron chi connectivity index (χ3n) is 2.19. The van der Waals surface area contributed by atoms with Gasteiger partial charge in [-0.1, -0.05) is 41.7 Å². The number of hydrogen-bond acceptors (Lipinski definition) is 6. The van der Waals surface area contributed by atoms with E-state index in [1.165, 1.54) is 0 Å². The van der Waals surface area contributed by atoms with E-state index in [0.717, 1.165) is 16.9 Å². The maximum atomic E-state index is 11.5. The number of aromatic nitrogens is 2. The molecule has 0 unspecified atom stereocenters. The molecule has 0 bridgehead atoms. The van der Waals surface area contributed by atoms with Crippen LogP contribution in [0, 0.1) is 0 Å². The molecule has 0 aliphatic carbocycles. The summed E-state index contributed by atoms with van der Waals surface area (Å²) in [5.41, 5.74) is 0.867. The number of benzene rings is 1. The van der Waals surface area contributed by atoms with Crippen molar-refractivity contribution < 1.29 is 19.4 Å². The van der Waals surface area contributed by atoms with Gasteiger partial charge in [0.05, 0.1) is 6.42 Å². The molecule has 0 atom stereocenters. The molecule has 20 heavy (non-hydrogen) atoms. The molecule has 0 fully saturated rings. The Morgan fingerprint density at radius 1 is 1.25 bits per heavy atom. The van der Waals surface area contributed by atoms with Gasteiger partial charge in [0, 0.05) is 0 Å². The number of hydrogen-bond donors (Lipinski definition) is 2. The summed E-state index contributed by atoms with van der Waals surface area (Å²) in [6.45, 7) is 0.146. The Kier molecular flexibility index (Phi) is 4.61. The van der Waals surface area contributed by atoms with E-state index in [2.05, 4.69) is 15.5 Å². The van der Waals surface area contributed by atoms with Gasteiger partial charge in [-0.3, -0.25) is 10.1 Å². The summed E-state index contributed by atoms with van der Waals surface area (Å²) in [6.07, 6.45) is -0.884. The largest absolute Gasteiger partial charge is 0.481 e. The van der Waals surface area contributed by atoms with Crippen LogP contribution in [0.2, 0.25) is 0 Å². The van der Waals surface area contributed by atoms with Crippen molar-refractivity contribution in [1.82, 2.24) is 10.2 Å². The molecule has 104 valence electrons. The molecular weight excluding hydrogens is 282 g/mol. The van der Waals surface area contributed by atoms with E-state index in [1.54, 1.807) is 0 Å². The van der Waals surface area contributed by atoms with Crippen LogP contribution in [-0.2, 0) is 22.6 Å². The van der Waals surface area contributed by atoms with E-state index in [4.69, 9.17) is 9.84 Å². The highest BCUT2D eigenvalue weighted by Gasteiger charge is 2.11. The fraction of sp³-hybridized carbons (Fsp3) is 0.167. The van der Waals surface area contributed by atoms with Crippen molar-refractivity contribution in [3.05, 3.63) is 40.9 Å². The molecule has 1 heterocycles. The number of carboxylic acid groups (broad SMARTS) is 1. The summed E-state index contributed by atoms with van der Waals surface area (Å²) in [5, 5.41) is 18.8. The van der Waals surface area contributed by atoms with Crippen LogP contribution < -0.4 is 5.32 Å². The molecule has 8 heteroatoms. The van der Waals surface area contributed by atoms with Gasteiger partial charge in [-0.2, -0.15) is 0 Å². The number of anilines is 1. The van der Waals surface area contributed by atoms with Gasteiger partial charge in [0.1, 0.15) is 11.6 Å². The highest BCUT2D eigenvalue weighted by Crippen LogP contribution is 2.16. The van der Waals surface area contributed by atoms with Gasteiger partial charge in [-0.05, 0) is 5.56 Å². The molecule has 0 spiro atoms. The third kappa shape index (κ3) is 4.32. The predicted octanol–water partition coefficient (Wildman–Crippen LogP) is 1.91. The standard InChI is InChI=1S/C12H11N3O4S/c16-10(17)6-9-14-15-11(20-9)13-12(18)19-7-8-4-2-1-3-5-8/h1-5H,6-7H2,(H,16,17)(H,13,15,18). The fourth-order valence-electron chi connectivity index (χ4n) is 1.35. The Morgan fingerprint density at radius 2 is 2.00 bits per heavy atom. The van der Waals surface area contributed by atoms with Crippen molar-refractivity contribution in [3.8, 4) is 0 Å². The van der Waals surface area contributed by atoms with Crippen molar-refractivity contribution in [2.24, 2.45) is 0 Å². The molecule has 0 aliphatic heterocycles. The topological polar surface area (TPSA) is 101 Å². The number of nitrogens with one attached hydrogen (secondary N) is 1. The number of carboxylic acids is 1. The summed E-state index contributed by atoms with van der Waals surface area (Å²) >= 11 is 0.996. The van der Waals surface area contributed by atoms with E-state index in [0.29, 0.717) is 5.01 Å². The lowest BCUT2D eigenvalue weighted by atomic mass is 10.2. The molecule has 7 nitrogen and oxygen atoms in total. The second-order valence-electron chi connectivity index (χ2n) is 3.76. The first kappa shape index (κ1) is 13.9. The van der Waals surface area contributed by atoms with Crippen LogP contribution in [0.5, 0.6) is 0 Å². The molecule has 2 N–H and O–H groups in total. The Hall–Kier alpha value is -2.48. The minimum absolute atomic E-state index is 0.146. The van der Waals surface area contributed by atoms with Gasteiger partial charge in [0.15, 0.2) is 0 Å². The summed E-state index contributed by atoms with van der Waals surface area (Å²) in [5.74, 6) is -1.00. The van der Waals surface area contributed by atoms with Crippen LogP contribution in [0.1, 0.15) is 10.6 Å². The monoisotopic (exact) mass is 293 g/mol. The number of carbonyl (C=O) groups is 2. The molecule has 0 saturated carbocycles. The van der Waals surface area contributed by atoms with E-state index in [-0.39, 0.29) is 18.2 Å². The number of ether oxygens (including phenoxy) is 1. The maximum Gasteiger partial charge on any atom is 0.413 e. The number of carbonyl (C=O) groups excluding carboxylic acids is 1. The molecule has 0 radical (unpaired) electrons. The van der Waals surface area contributed by atoms with Crippen LogP contribution in [0.15, 0.2) is 30.3 Å². The summed E-state index contributed by atoms with van der Waals surface area (Å²) in [4.78, 5) is 22.0. The van der Waals surface area contributed by atoms with Crippen molar-refractivity contribution in [2.75, 3.05) is 5.32 Å². The van der Waals surface area contributed by atoms with Crippen molar-refractivity contribution in [1.29, 1.82) is 0 Å². The van der Waals surface area contributed by atoms with Crippen LogP contribution in [0.4, 0.5) is 9.93 Å².